The van der Waals surface area contributed by atoms with Gasteiger partial charge in [-0.3, -0.25) is 9.89 Å². The maximum Gasteiger partial charge on any atom is 0.227 e. The Hall–Kier alpha value is -1.36. The summed E-state index contributed by atoms with van der Waals surface area (Å²) in [5.41, 5.74) is -0.0116. The molecule has 2 rings (SSSR count). The molecule has 0 spiro atoms. The number of aromatic amines is 1. The monoisotopic (exact) mass is 236 g/mol. The van der Waals surface area contributed by atoms with Crippen molar-refractivity contribution >= 4 is 11.7 Å². The molecule has 1 aromatic rings. The number of hydrogen-bond donors (Lipinski definition) is 3. The predicted molar refractivity (Wildman–Crippen MR) is 66.7 cm³/mol. The largest absolute Gasteiger partial charge is 0.314 e. The molecule has 1 aliphatic rings. The first-order valence-electron chi connectivity index (χ1n) is 6.22. The molecule has 0 saturated heterocycles. The van der Waals surface area contributed by atoms with Crippen LogP contribution in [0.3, 0.4) is 0 Å². The molecular weight excluding hydrogens is 216 g/mol. The van der Waals surface area contributed by atoms with Crippen LogP contribution < -0.4 is 10.6 Å². The van der Waals surface area contributed by atoms with E-state index < -0.39 is 0 Å². The Kier molecular flexibility index (Phi) is 3.78. The van der Waals surface area contributed by atoms with Crippen molar-refractivity contribution in [3.63, 3.8) is 0 Å². The van der Waals surface area contributed by atoms with E-state index in [1.165, 1.54) is 19.3 Å². The van der Waals surface area contributed by atoms with Gasteiger partial charge < -0.3 is 10.6 Å². The van der Waals surface area contributed by atoms with Gasteiger partial charge >= 0.3 is 0 Å². The number of hydrogen-bond acceptors (Lipinski definition) is 3. The van der Waals surface area contributed by atoms with Crippen molar-refractivity contribution in [1.29, 1.82) is 0 Å². The number of carbonyl (C=O) groups excluding carboxylic acids is 1. The molecule has 94 valence electrons. The van der Waals surface area contributed by atoms with Gasteiger partial charge in [-0.15, -0.1) is 0 Å². The van der Waals surface area contributed by atoms with Crippen LogP contribution in [0.15, 0.2) is 12.3 Å². The minimum absolute atomic E-state index is 0.0116. The highest BCUT2D eigenvalue weighted by atomic mass is 16.1. The second kappa shape index (κ2) is 5.31. The van der Waals surface area contributed by atoms with E-state index in [1.54, 1.807) is 12.3 Å². The number of carbonyl (C=O) groups is 1. The van der Waals surface area contributed by atoms with Gasteiger partial charge in [0.2, 0.25) is 5.91 Å². The predicted octanol–water partition coefficient (Wildman–Crippen LogP) is 1.66. The second-order valence-corrected chi connectivity index (χ2v) is 4.79. The summed E-state index contributed by atoms with van der Waals surface area (Å²) in [6, 6.07) is 1.75. The van der Waals surface area contributed by atoms with E-state index in [4.69, 9.17) is 0 Å². The molecule has 0 aromatic carbocycles. The fraction of sp³-hybridized carbons (Fsp3) is 0.667. The number of anilines is 1. The highest BCUT2D eigenvalue weighted by Crippen LogP contribution is 2.30. The topological polar surface area (TPSA) is 69.8 Å². The number of rotatable bonds is 4. The molecule has 3 N–H and O–H groups in total. The lowest BCUT2D eigenvalue weighted by molar-refractivity contribution is -0.117. The van der Waals surface area contributed by atoms with Gasteiger partial charge in [0.25, 0.3) is 0 Å². The van der Waals surface area contributed by atoms with Crippen molar-refractivity contribution in [3.05, 3.63) is 12.3 Å². The molecule has 1 fully saturated rings. The van der Waals surface area contributed by atoms with Crippen LogP contribution in [-0.4, -0.2) is 28.7 Å². The van der Waals surface area contributed by atoms with Gasteiger partial charge in [0, 0.05) is 18.0 Å². The van der Waals surface area contributed by atoms with Crippen LogP contribution >= 0.6 is 0 Å². The van der Waals surface area contributed by atoms with Crippen LogP contribution in [0.4, 0.5) is 5.82 Å². The van der Waals surface area contributed by atoms with Gasteiger partial charge in [-0.2, -0.15) is 5.10 Å². The molecule has 0 unspecified atom stereocenters. The molecule has 1 aromatic heterocycles. The zero-order chi connectivity index (χ0) is 12.1. The molecule has 17 heavy (non-hydrogen) atoms. The van der Waals surface area contributed by atoms with Gasteiger partial charge in [-0.1, -0.05) is 19.3 Å². The summed E-state index contributed by atoms with van der Waals surface area (Å²) in [6.45, 7) is 0. The number of H-pyrrole nitrogens is 1. The Morgan fingerprint density at radius 3 is 2.82 bits per heavy atom. The van der Waals surface area contributed by atoms with Crippen molar-refractivity contribution < 1.29 is 4.79 Å². The van der Waals surface area contributed by atoms with E-state index in [-0.39, 0.29) is 11.4 Å². The smallest absolute Gasteiger partial charge is 0.227 e. The molecule has 0 radical (unpaired) electrons. The number of amides is 1. The molecule has 1 saturated carbocycles. The molecule has 5 heteroatoms. The molecule has 0 atom stereocenters. The van der Waals surface area contributed by atoms with E-state index in [9.17, 15) is 4.79 Å². The fourth-order valence-electron chi connectivity index (χ4n) is 2.57. The highest BCUT2D eigenvalue weighted by molar-refractivity contribution is 5.90. The van der Waals surface area contributed by atoms with Gasteiger partial charge in [0.05, 0.1) is 6.20 Å². The standard InChI is InChI=1S/C12H20N4O/c1-13-12(6-3-2-4-7-12)9-11(17)15-10-5-8-14-16-10/h5,8,13H,2-4,6-7,9H2,1H3,(H2,14,15,16,17). The van der Waals surface area contributed by atoms with Crippen molar-refractivity contribution in [2.75, 3.05) is 12.4 Å². The maximum atomic E-state index is 11.9. The highest BCUT2D eigenvalue weighted by Gasteiger charge is 2.32. The summed E-state index contributed by atoms with van der Waals surface area (Å²) in [5, 5.41) is 12.7. The molecule has 1 heterocycles. The van der Waals surface area contributed by atoms with Crippen LogP contribution in [-0.2, 0) is 4.79 Å². The van der Waals surface area contributed by atoms with E-state index >= 15 is 0 Å². The summed E-state index contributed by atoms with van der Waals surface area (Å²) in [6.07, 6.45) is 8.02. The number of aromatic nitrogens is 2. The maximum absolute atomic E-state index is 11.9. The number of nitrogens with zero attached hydrogens (tertiary/aromatic N) is 1. The fourth-order valence-corrected chi connectivity index (χ4v) is 2.57. The molecule has 5 nitrogen and oxygen atoms in total. The lowest BCUT2D eigenvalue weighted by Crippen LogP contribution is -2.47. The van der Waals surface area contributed by atoms with Gasteiger partial charge in [0.15, 0.2) is 0 Å². The molecule has 1 amide bonds. The van der Waals surface area contributed by atoms with Crippen molar-refractivity contribution in [2.24, 2.45) is 0 Å². The Balaban J connectivity index is 1.91. The molecule has 0 bridgehead atoms. The van der Waals surface area contributed by atoms with E-state index in [2.05, 4.69) is 20.8 Å². The Morgan fingerprint density at radius 2 is 2.24 bits per heavy atom. The van der Waals surface area contributed by atoms with Gasteiger partial charge in [0.1, 0.15) is 5.82 Å². The van der Waals surface area contributed by atoms with E-state index in [0.717, 1.165) is 12.8 Å². The first kappa shape index (κ1) is 12.1. The van der Waals surface area contributed by atoms with Gasteiger partial charge in [-0.05, 0) is 19.9 Å². The SMILES string of the molecule is CNC1(CC(=O)Nc2ccn[nH]2)CCCCC1. The molecular formula is C12H20N4O. The molecule has 1 aliphatic carbocycles. The van der Waals surface area contributed by atoms with Crippen LogP contribution in [0.25, 0.3) is 0 Å². The second-order valence-electron chi connectivity index (χ2n) is 4.79. The third kappa shape index (κ3) is 3.06. The lowest BCUT2D eigenvalue weighted by atomic mass is 9.79. The normalized spacial score (nSPS) is 18.9. The van der Waals surface area contributed by atoms with Crippen molar-refractivity contribution in [1.82, 2.24) is 15.5 Å². The van der Waals surface area contributed by atoms with Crippen LogP contribution in [0, 0.1) is 0 Å². The minimum Gasteiger partial charge on any atom is -0.314 e. The van der Waals surface area contributed by atoms with Crippen LogP contribution in [0.1, 0.15) is 38.5 Å². The average Bonchev–Trinajstić information content (AvgIpc) is 2.83. The summed E-state index contributed by atoms with van der Waals surface area (Å²) in [4.78, 5) is 11.9. The zero-order valence-electron chi connectivity index (χ0n) is 10.3. The quantitative estimate of drug-likeness (QED) is 0.744. The summed E-state index contributed by atoms with van der Waals surface area (Å²) < 4.78 is 0. The third-order valence-electron chi connectivity index (χ3n) is 3.61. The van der Waals surface area contributed by atoms with Crippen molar-refractivity contribution in [3.8, 4) is 0 Å². The zero-order valence-corrected chi connectivity index (χ0v) is 10.3. The number of nitrogens with one attached hydrogen (secondary N) is 3. The average molecular weight is 236 g/mol. The van der Waals surface area contributed by atoms with Crippen LogP contribution in [0.2, 0.25) is 0 Å². The summed E-state index contributed by atoms with van der Waals surface area (Å²) >= 11 is 0. The minimum atomic E-state index is -0.0116. The molecule has 0 aliphatic heterocycles. The Labute approximate surface area is 101 Å². The van der Waals surface area contributed by atoms with Gasteiger partial charge in [-0.25, -0.2) is 0 Å². The summed E-state index contributed by atoms with van der Waals surface area (Å²) in [5.74, 6) is 0.711. The van der Waals surface area contributed by atoms with Crippen molar-refractivity contribution in [2.45, 2.75) is 44.1 Å². The Morgan fingerprint density at radius 1 is 1.47 bits per heavy atom. The lowest BCUT2D eigenvalue weighted by Gasteiger charge is -2.36. The van der Waals surface area contributed by atoms with Crippen LogP contribution in [0.5, 0.6) is 0 Å². The summed E-state index contributed by atoms with van der Waals surface area (Å²) in [7, 11) is 1.95. The third-order valence-corrected chi connectivity index (χ3v) is 3.61. The van der Waals surface area contributed by atoms with E-state index in [0.29, 0.717) is 12.2 Å². The first-order valence-corrected chi connectivity index (χ1v) is 6.22. The first-order chi connectivity index (χ1) is 8.24. The Bertz CT molecular complexity index is 355. The van der Waals surface area contributed by atoms with E-state index in [1.807, 2.05) is 7.05 Å².